The van der Waals surface area contributed by atoms with E-state index in [0.29, 0.717) is 13.1 Å². The van der Waals surface area contributed by atoms with E-state index in [9.17, 15) is 9.59 Å². The Morgan fingerprint density at radius 1 is 1.04 bits per heavy atom. The summed E-state index contributed by atoms with van der Waals surface area (Å²) in [7, 11) is 0. The van der Waals surface area contributed by atoms with Crippen LogP contribution in [-0.2, 0) is 29.0 Å². The number of aromatic nitrogens is 1. The third-order valence-corrected chi connectivity index (χ3v) is 4.95. The number of H-pyrrole nitrogens is 1. The van der Waals surface area contributed by atoms with Crippen molar-refractivity contribution >= 4 is 22.7 Å². The van der Waals surface area contributed by atoms with Crippen LogP contribution in [0.15, 0.2) is 54.7 Å². The average molecular weight is 347 g/mol. The number of carbonyl (C=O) groups excluding carboxylic acids is 2. The molecule has 0 spiro atoms. The third-order valence-electron chi connectivity index (χ3n) is 4.95. The van der Waals surface area contributed by atoms with Crippen LogP contribution in [0.2, 0.25) is 0 Å². The van der Waals surface area contributed by atoms with Gasteiger partial charge in [-0.05, 0) is 29.2 Å². The highest BCUT2D eigenvalue weighted by atomic mass is 16.2. The molecule has 5 nitrogen and oxygen atoms in total. The van der Waals surface area contributed by atoms with E-state index in [0.717, 1.165) is 22.9 Å². The van der Waals surface area contributed by atoms with Gasteiger partial charge in [0.05, 0.1) is 13.0 Å². The maximum Gasteiger partial charge on any atom is 0.242 e. The summed E-state index contributed by atoms with van der Waals surface area (Å²) in [5, 5.41) is 3.81. The van der Waals surface area contributed by atoms with Crippen LogP contribution in [0.25, 0.3) is 10.9 Å². The van der Waals surface area contributed by atoms with Crippen molar-refractivity contribution in [2.75, 3.05) is 13.1 Å². The van der Waals surface area contributed by atoms with Crippen molar-refractivity contribution in [1.29, 1.82) is 0 Å². The van der Waals surface area contributed by atoms with Gasteiger partial charge in [-0.15, -0.1) is 0 Å². The van der Waals surface area contributed by atoms with Crippen molar-refractivity contribution in [3.8, 4) is 0 Å². The number of hydrogen-bond acceptors (Lipinski definition) is 2. The number of rotatable bonds is 4. The van der Waals surface area contributed by atoms with Gasteiger partial charge in [-0.25, -0.2) is 0 Å². The fourth-order valence-corrected chi connectivity index (χ4v) is 3.51. The second-order valence-electron chi connectivity index (χ2n) is 6.65. The second kappa shape index (κ2) is 7.04. The van der Waals surface area contributed by atoms with E-state index in [1.165, 1.54) is 11.1 Å². The molecule has 0 saturated carbocycles. The predicted octanol–water partition coefficient (Wildman–Crippen LogP) is 2.41. The van der Waals surface area contributed by atoms with E-state index in [2.05, 4.69) is 22.4 Å². The summed E-state index contributed by atoms with van der Waals surface area (Å²) in [4.78, 5) is 29.7. The van der Waals surface area contributed by atoms with Crippen LogP contribution >= 0.6 is 0 Å². The Bertz CT molecular complexity index is 961. The van der Waals surface area contributed by atoms with E-state index in [4.69, 9.17) is 0 Å². The molecule has 5 heteroatoms. The molecular formula is C21H21N3O2. The molecule has 1 aliphatic rings. The van der Waals surface area contributed by atoms with Crippen molar-refractivity contribution in [3.63, 3.8) is 0 Å². The van der Waals surface area contributed by atoms with Gasteiger partial charge < -0.3 is 15.2 Å². The predicted molar refractivity (Wildman–Crippen MR) is 101 cm³/mol. The quantitative estimate of drug-likeness (QED) is 0.761. The monoisotopic (exact) mass is 347 g/mol. The largest absolute Gasteiger partial charge is 0.361 e. The van der Waals surface area contributed by atoms with E-state index >= 15 is 0 Å². The van der Waals surface area contributed by atoms with Gasteiger partial charge in [-0.3, -0.25) is 9.59 Å². The molecule has 2 heterocycles. The minimum Gasteiger partial charge on any atom is -0.361 e. The minimum atomic E-state index is -0.138. The van der Waals surface area contributed by atoms with Crippen LogP contribution < -0.4 is 5.32 Å². The van der Waals surface area contributed by atoms with E-state index < -0.39 is 0 Å². The summed E-state index contributed by atoms with van der Waals surface area (Å²) in [5.41, 5.74) is 4.45. The van der Waals surface area contributed by atoms with Gasteiger partial charge in [-0.1, -0.05) is 42.5 Å². The van der Waals surface area contributed by atoms with Gasteiger partial charge in [0.25, 0.3) is 0 Å². The lowest BCUT2D eigenvalue weighted by Crippen LogP contribution is -2.42. The summed E-state index contributed by atoms with van der Waals surface area (Å²) in [6.07, 6.45) is 2.99. The molecule has 2 amide bonds. The standard InChI is InChI=1S/C21H21N3O2/c25-20(11-17-12-22-19-8-4-3-7-18(17)19)23-13-21(26)24-10-9-15-5-1-2-6-16(15)14-24/h1-8,12,22H,9-11,13-14H2,(H,23,25). The lowest BCUT2D eigenvalue weighted by Gasteiger charge is -2.29. The van der Waals surface area contributed by atoms with Crippen LogP contribution in [0.3, 0.4) is 0 Å². The van der Waals surface area contributed by atoms with Crippen molar-refractivity contribution in [2.24, 2.45) is 0 Å². The van der Waals surface area contributed by atoms with Crippen molar-refractivity contribution in [3.05, 3.63) is 71.4 Å². The summed E-state index contributed by atoms with van der Waals surface area (Å²) >= 11 is 0. The van der Waals surface area contributed by atoms with Crippen LogP contribution in [0.1, 0.15) is 16.7 Å². The Kier molecular flexibility index (Phi) is 4.44. The molecule has 132 valence electrons. The highest BCUT2D eigenvalue weighted by Crippen LogP contribution is 2.19. The number of para-hydroxylation sites is 1. The number of carbonyl (C=O) groups is 2. The first-order valence-electron chi connectivity index (χ1n) is 8.87. The van der Waals surface area contributed by atoms with E-state index in [1.54, 1.807) is 0 Å². The van der Waals surface area contributed by atoms with Gasteiger partial charge in [0.1, 0.15) is 0 Å². The van der Waals surface area contributed by atoms with Crippen LogP contribution in [0.4, 0.5) is 0 Å². The molecule has 1 aromatic heterocycles. The number of nitrogens with one attached hydrogen (secondary N) is 2. The Labute approximate surface area is 152 Å². The number of hydrogen-bond donors (Lipinski definition) is 2. The fraction of sp³-hybridized carbons (Fsp3) is 0.238. The Balaban J connectivity index is 1.32. The molecule has 0 aliphatic carbocycles. The number of fused-ring (bicyclic) bond motifs is 2. The Morgan fingerprint density at radius 2 is 1.81 bits per heavy atom. The highest BCUT2D eigenvalue weighted by Gasteiger charge is 2.20. The normalized spacial score (nSPS) is 13.5. The van der Waals surface area contributed by atoms with Crippen molar-refractivity contribution in [2.45, 2.75) is 19.4 Å². The van der Waals surface area contributed by atoms with Gasteiger partial charge in [-0.2, -0.15) is 0 Å². The number of amides is 2. The molecule has 26 heavy (non-hydrogen) atoms. The maximum absolute atomic E-state index is 12.4. The lowest BCUT2D eigenvalue weighted by molar-refractivity contribution is -0.133. The van der Waals surface area contributed by atoms with Gasteiger partial charge in [0.2, 0.25) is 11.8 Å². The molecule has 0 bridgehead atoms. The van der Waals surface area contributed by atoms with Gasteiger partial charge in [0, 0.05) is 30.2 Å². The number of benzene rings is 2. The fourth-order valence-electron chi connectivity index (χ4n) is 3.51. The summed E-state index contributed by atoms with van der Waals surface area (Å²) in [6, 6.07) is 16.1. The van der Waals surface area contributed by atoms with Crippen LogP contribution in [-0.4, -0.2) is 34.8 Å². The number of aromatic amines is 1. The first-order valence-corrected chi connectivity index (χ1v) is 8.87. The van der Waals surface area contributed by atoms with Crippen molar-refractivity contribution in [1.82, 2.24) is 15.2 Å². The maximum atomic E-state index is 12.4. The summed E-state index contributed by atoms with van der Waals surface area (Å²) in [6.45, 7) is 1.37. The van der Waals surface area contributed by atoms with Crippen LogP contribution in [0, 0.1) is 0 Å². The number of nitrogens with zero attached hydrogens (tertiary/aromatic N) is 1. The van der Waals surface area contributed by atoms with E-state index in [1.807, 2.05) is 47.5 Å². The Morgan fingerprint density at radius 3 is 2.69 bits per heavy atom. The molecule has 3 aromatic rings. The van der Waals surface area contributed by atoms with E-state index in [-0.39, 0.29) is 24.8 Å². The SMILES string of the molecule is O=C(Cc1c[nH]c2ccccc12)NCC(=O)N1CCc2ccccc2C1. The van der Waals surface area contributed by atoms with Gasteiger partial charge in [0.15, 0.2) is 0 Å². The van der Waals surface area contributed by atoms with Crippen molar-refractivity contribution < 1.29 is 9.59 Å². The topological polar surface area (TPSA) is 65.2 Å². The zero-order chi connectivity index (χ0) is 17.9. The first kappa shape index (κ1) is 16.4. The Hall–Kier alpha value is -3.08. The molecule has 2 N–H and O–H groups in total. The molecule has 2 aromatic carbocycles. The highest BCUT2D eigenvalue weighted by molar-refractivity contribution is 5.90. The smallest absolute Gasteiger partial charge is 0.242 e. The van der Waals surface area contributed by atoms with Crippen LogP contribution in [0.5, 0.6) is 0 Å². The average Bonchev–Trinajstić information content (AvgIpc) is 3.08. The second-order valence-corrected chi connectivity index (χ2v) is 6.65. The summed E-state index contributed by atoms with van der Waals surface area (Å²) in [5.74, 6) is -0.174. The van der Waals surface area contributed by atoms with Gasteiger partial charge >= 0.3 is 0 Å². The summed E-state index contributed by atoms with van der Waals surface area (Å²) < 4.78 is 0. The molecule has 1 aliphatic heterocycles. The molecule has 4 rings (SSSR count). The zero-order valence-electron chi connectivity index (χ0n) is 14.5. The minimum absolute atomic E-state index is 0.0354. The molecular weight excluding hydrogens is 326 g/mol. The molecule has 0 fully saturated rings. The first-order chi connectivity index (χ1) is 12.7. The lowest BCUT2D eigenvalue weighted by atomic mass is 10.00. The molecule has 0 radical (unpaired) electrons. The molecule has 0 saturated heterocycles. The zero-order valence-corrected chi connectivity index (χ0v) is 14.5. The molecule has 0 unspecified atom stereocenters. The third kappa shape index (κ3) is 3.33. The molecule has 0 atom stereocenters.